The van der Waals surface area contributed by atoms with Gasteiger partial charge in [0.1, 0.15) is 6.04 Å². The van der Waals surface area contributed by atoms with E-state index in [4.69, 9.17) is 11.6 Å². The Bertz CT molecular complexity index is 657. The van der Waals surface area contributed by atoms with Crippen LogP contribution in [0.5, 0.6) is 0 Å². The van der Waals surface area contributed by atoms with Gasteiger partial charge >= 0.3 is 0 Å². The summed E-state index contributed by atoms with van der Waals surface area (Å²) < 4.78 is 0. The summed E-state index contributed by atoms with van der Waals surface area (Å²) in [5.41, 5.74) is 1.79. The molecule has 0 aliphatic carbocycles. The maximum atomic E-state index is 12.3. The summed E-state index contributed by atoms with van der Waals surface area (Å²) in [7, 11) is 0. The van der Waals surface area contributed by atoms with Crippen LogP contribution in [-0.2, 0) is 4.79 Å². The van der Waals surface area contributed by atoms with Crippen molar-refractivity contribution >= 4 is 34.5 Å². The maximum absolute atomic E-state index is 12.3. The topological polar surface area (TPSA) is 33.5 Å². The van der Waals surface area contributed by atoms with E-state index in [0.717, 1.165) is 17.8 Å². The average Bonchev–Trinajstić information content (AvgIpc) is 3.13. The van der Waals surface area contributed by atoms with Gasteiger partial charge in [0, 0.05) is 23.6 Å². The predicted molar refractivity (Wildman–Crippen MR) is 91.8 cm³/mol. The number of amides is 1. The number of halogens is 1. The Kier molecular flexibility index (Phi) is 4.81. The summed E-state index contributed by atoms with van der Waals surface area (Å²) in [5, 5.41) is 5.76. The fourth-order valence-corrected chi connectivity index (χ4v) is 4.14. The molecule has 1 aliphatic heterocycles. The van der Waals surface area contributed by atoms with Crippen molar-refractivity contribution in [1.29, 1.82) is 0 Å². The Morgan fingerprint density at radius 1 is 1.45 bits per heavy atom. The van der Waals surface area contributed by atoms with Crippen LogP contribution in [0.1, 0.15) is 29.3 Å². The molecule has 0 radical (unpaired) electrons. The lowest BCUT2D eigenvalue weighted by Gasteiger charge is -2.20. The van der Waals surface area contributed by atoms with Crippen molar-refractivity contribution in [3.63, 3.8) is 0 Å². The van der Waals surface area contributed by atoms with E-state index in [0.29, 0.717) is 17.6 Å². The van der Waals surface area contributed by atoms with Crippen molar-refractivity contribution in [3.05, 3.63) is 51.2 Å². The van der Waals surface area contributed by atoms with Crippen molar-refractivity contribution in [2.75, 3.05) is 18.4 Å². The lowest BCUT2D eigenvalue weighted by Crippen LogP contribution is -3.11. The van der Waals surface area contributed by atoms with Gasteiger partial charge in [-0.25, -0.2) is 0 Å². The molecular weight excluding hydrogens is 316 g/mol. The van der Waals surface area contributed by atoms with Crippen LogP contribution in [0.25, 0.3) is 0 Å². The molecule has 1 fully saturated rings. The second-order valence-corrected chi connectivity index (χ2v) is 7.19. The molecule has 1 aliphatic rings. The van der Waals surface area contributed by atoms with Crippen LogP contribution in [0, 0.1) is 6.92 Å². The lowest BCUT2D eigenvalue weighted by molar-refractivity contribution is -0.910. The molecule has 5 heteroatoms. The van der Waals surface area contributed by atoms with E-state index in [1.54, 1.807) is 11.3 Å². The minimum Gasteiger partial charge on any atom is -0.321 e. The Hall–Kier alpha value is -1.36. The van der Waals surface area contributed by atoms with Gasteiger partial charge in [0.2, 0.25) is 0 Å². The molecule has 3 nitrogen and oxygen atoms in total. The first-order valence-corrected chi connectivity index (χ1v) is 8.83. The SMILES string of the molecule is Cc1ccc(NC(=O)C[NH+]2CCC[C@H]2c2cccs2)cc1Cl. The fourth-order valence-electron chi connectivity index (χ4n) is 3.04. The smallest absolute Gasteiger partial charge is 0.279 e. The molecule has 2 N–H and O–H groups in total. The number of hydrogen-bond donors (Lipinski definition) is 2. The second-order valence-electron chi connectivity index (χ2n) is 5.81. The summed E-state index contributed by atoms with van der Waals surface area (Å²) in [6.07, 6.45) is 2.35. The minimum absolute atomic E-state index is 0.0541. The number of benzene rings is 1. The number of quaternary nitrogens is 1. The molecule has 3 rings (SSSR count). The van der Waals surface area contributed by atoms with Crippen LogP contribution in [0.2, 0.25) is 5.02 Å². The molecule has 1 aromatic carbocycles. The average molecular weight is 336 g/mol. The second kappa shape index (κ2) is 6.82. The zero-order valence-electron chi connectivity index (χ0n) is 12.6. The van der Waals surface area contributed by atoms with Crippen LogP contribution in [0.3, 0.4) is 0 Å². The standard InChI is InChI=1S/C17H19ClN2OS/c1-12-6-7-13(10-14(12)18)19-17(21)11-20-8-2-4-15(20)16-5-3-9-22-16/h3,5-7,9-10,15H,2,4,8,11H2,1H3,(H,19,21)/p+1/t15-/m0/s1. The van der Waals surface area contributed by atoms with Gasteiger partial charge in [-0.05, 0) is 36.1 Å². The largest absolute Gasteiger partial charge is 0.321 e. The number of aryl methyl sites for hydroxylation is 1. The first-order valence-electron chi connectivity index (χ1n) is 7.57. The van der Waals surface area contributed by atoms with Crippen LogP contribution in [-0.4, -0.2) is 19.0 Å². The van der Waals surface area contributed by atoms with Gasteiger partial charge in [-0.15, -0.1) is 11.3 Å². The summed E-state index contributed by atoms with van der Waals surface area (Å²) in [6, 6.07) is 10.4. The minimum atomic E-state index is 0.0541. The number of carbonyl (C=O) groups is 1. The normalized spacial score (nSPS) is 21.0. The molecule has 2 atom stereocenters. The van der Waals surface area contributed by atoms with Gasteiger partial charge in [0.25, 0.3) is 5.91 Å². The molecule has 22 heavy (non-hydrogen) atoms. The van der Waals surface area contributed by atoms with Gasteiger partial charge in [-0.1, -0.05) is 23.7 Å². The molecular formula is C17H20ClN2OS+. The van der Waals surface area contributed by atoms with Crippen LogP contribution in [0.15, 0.2) is 35.7 Å². The number of carbonyl (C=O) groups excluding carboxylic acids is 1. The van der Waals surface area contributed by atoms with E-state index in [1.807, 2.05) is 25.1 Å². The predicted octanol–water partition coefficient (Wildman–Crippen LogP) is 3.07. The molecule has 0 saturated carbocycles. The molecule has 1 amide bonds. The van der Waals surface area contributed by atoms with Crippen LogP contribution in [0.4, 0.5) is 5.69 Å². The Labute approximate surface area is 139 Å². The number of likely N-dealkylation sites (tertiary alicyclic amines) is 1. The Balaban J connectivity index is 1.62. The van der Waals surface area contributed by atoms with Gasteiger partial charge in [0.05, 0.1) is 11.4 Å². The highest BCUT2D eigenvalue weighted by atomic mass is 35.5. The highest BCUT2D eigenvalue weighted by Gasteiger charge is 2.32. The molecule has 1 aromatic heterocycles. The Morgan fingerprint density at radius 3 is 3.05 bits per heavy atom. The third-order valence-electron chi connectivity index (χ3n) is 4.21. The van der Waals surface area contributed by atoms with Gasteiger partial charge in [-0.3, -0.25) is 4.79 Å². The van der Waals surface area contributed by atoms with E-state index >= 15 is 0 Å². The molecule has 0 bridgehead atoms. The quantitative estimate of drug-likeness (QED) is 0.884. The first-order chi connectivity index (χ1) is 10.6. The monoisotopic (exact) mass is 335 g/mol. The number of rotatable bonds is 4. The summed E-state index contributed by atoms with van der Waals surface area (Å²) in [4.78, 5) is 15.1. The number of anilines is 1. The van der Waals surface area contributed by atoms with E-state index < -0.39 is 0 Å². The summed E-state index contributed by atoms with van der Waals surface area (Å²) in [5.74, 6) is 0.0541. The molecule has 0 spiro atoms. The van der Waals surface area contributed by atoms with Crippen LogP contribution < -0.4 is 10.2 Å². The third kappa shape index (κ3) is 3.51. The van der Waals surface area contributed by atoms with Gasteiger partial charge in [-0.2, -0.15) is 0 Å². The third-order valence-corrected chi connectivity index (χ3v) is 5.61. The van der Waals surface area contributed by atoms with Crippen molar-refractivity contribution in [2.45, 2.75) is 25.8 Å². The molecule has 2 aromatic rings. The highest BCUT2D eigenvalue weighted by Crippen LogP contribution is 2.23. The Morgan fingerprint density at radius 2 is 2.32 bits per heavy atom. The first kappa shape index (κ1) is 15.5. The zero-order chi connectivity index (χ0) is 15.5. The highest BCUT2D eigenvalue weighted by molar-refractivity contribution is 7.10. The maximum Gasteiger partial charge on any atom is 0.279 e. The summed E-state index contributed by atoms with van der Waals surface area (Å²) in [6.45, 7) is 3.52. The number of thiophene rings is 1. The molecule has 1 saturated heterocycles. The van der Waals surface area contributed by atoms with Crippen molar-refractivity contribution in [1.82, 2.24) is 0 Å². The molecule has 2 heterocycles. The molecule has 116 valence electrons. The van der Waals surface area contributed by atoms with E-state index in [1.165, 1.54) is 22.6 Å². The number of nitrogens with one attached hydrogen (secondary N) is 2. The fraction of sp³-hybridized carbons (Fsp3) is 0.353. The van der Waals surface area contributed by atoms with Crippen molar-refractivity contribution in [2.24, 2.45) is 0 Å². The van der Waals surface area contributed by atoms with E-state index in [2.05, 4.69) is 22.8 Å². The zero-order valence-corrected chi connectivity index (χ0v) is 14.1. The van der Waals surface area contributed by atoms with Crippen molar-refractivity contribution < 1.29 is 9.69 Å². The van der Waals surface area contributed by atoms with Gasteiger partial charge in [0.15, 0.2) is 6.54 Å². The van der Waals surface area contributed by atoms with E-state index in [-0.39, 0.29) is 5.91 Å². The van der Waals surface area contributed by atoms with Crippen molar-refractivity contribution in [3.8, 4) is 0 Å². The summed E-state index contributed by atoms with van der Waals surface area (Å²) >= 11 is 7.89. The van der Waals surface area contributed by atoms with E-state index in [9.17, 15) is 4.79 Å². The number of hydrogen-bond acceptors (Lipinski definition) is 2. The lowest BCUT2D eigenvalue weighted by atomic mass is 10.2. The van der Waals surface area contributed by atoms with Gasteiger partial charge < -0.3 is 10.2 Å². The van der Waals surface area contributed by atoms with Crippen LogP contribution >= 0.6 is 22.9 Å². The molecule has 1 unspecified atom stereocenters.